The Morgan fingerprint density at radius 3 is 2.66 bits per heavy atom. The maximum atomic E-state index is 12.0. The van der Waals surface area contributed by atoms with Gasteiger partial charge in [0, 0.05) is 43.3 Å². The molecule has 1 heterocycles. The molecule has 1 aromatic heterocycles. The van der Waals surface area contributed by atoms with Crippen LogP contribution in [-0.4, -0.2) is 30.1 Å². The lowest BCUT2D eigenvalue weighted by molar-refractivity contribution is -0.122. The predicted molar refractivity (Wildman–Crippen MR) is 121 cm³/mol. The fraction of sp³-hybridized carbons (Fsp3) is 0.455. The van der Waals surface area contributed by atoms with Gasteiger partial charge in [-0.2, -0.15) is 0 Å². The first-order chi connectivity index (χ1) is 13.8. The Morgan fingerprint density at radius 1 is 1.24 bits per heavy atom. The van der Waals surface area contributed by atoms with E-state index in [9.17, 15) is 4.79 Å². The molecule has 1 amide bonds. The number of nitrogens with two attached hydrogens (primary N) is 1. The lowest BCUT2D eigenvalue weighted by Gasteiger charge is -2.27. The van der Waals surface area contributed by atoms with E-state index in [-0.39, 0.29) is 17.7 Å². The van der Waals surface area contributed by atoms with Crippen molar-refractivity contribution in [2.75, 3.05) is 6.61 Å². The lowest BCUT2D eigenvalue weighted by atomic mass is 9.80. The smallest absolute Gasteiger partial charge is 0.221 e. The van der Waals surface area contributed by atoms with Crippen LogP contribution in [-0.2, 0) is 16.3 Å². The minimum Gasteiger partial charge on any atom is -0.369 e. The summed E-state index contributed by atoms with van der Waals surface area (Å²) in [6.07, 6.45) is 7.56. The number of amides is 1. The van der Waals surface area contributed by atoms with E-state index in [0.29, 0.717) is 13.2 Å². The van der Waals surface area contributed by atoms with Crippen LogP contribution >= 0.6 is 11.8 Å². The topological polar surface area (TPSA) is 70.1 Å². The van der Waals surface area contributed by atoms with E-state index in [1.165, 1.54) is 0 Å². The van der Waals surface area contributed by atoms with E-state index < -0.39 is 8.07 Å². The summed E-state index contributed by atoms with van der Waals surface area (Å²) in [6.45, 7) is 8.23. The number of aromatic nitrogens is 2. The Bertz CT molecular complexity index is 845. The van der Waals surface area contributed by atoms with Gasteiger partial charge in [-0.3, -0.25) is 9.36 Å². The molecule has 0 radical (unpaired) electrons. The van der Waals surface area contributed by atoms with Crippen LogP contribution < -0.4 is 5.73 Å². The number of rotatable bonds is 9. The summed E-state index contributed by atoms with van der Waals surface area (Å²) in [7, 11) is -1.15. The van der Waals surface area contributed by atoms with Gasteiger partial charge < -0.3 is 10.5 Å². The van der Waals surface area contributed by atoms with Gasteiger partial charge in [0.05, 0.1) is 0 Å². The molecule has 1 aliphatic carbocycles. The van der Waals surface area contributed by atoms with Crippen LogP contribution in [0, 0.1) is 5.92 Å². The molecule has 0 aliphatic heterocycles. The standard InChI is InChI=1S/C22H31N3O2SSi/c1-29(2,3)14-13-27-16-25-20(18-11-7-8-12-19(18)21(23)26)15-24-22(25)28-17-9-5-4-6-10-17/h4-10,15,18-19H,11-14,16H2,1-3H3,(H2,23,26)/t18-,19-/m0/s1. The normalized spacial score (nSPS) is 19.4. The summed E-state index contributed by atoms with van der Waals surface area (Å²) < 4.78 is 8.20. The third kappa shape index (κ3) is 6.07. The molecular formula is C22H31N3O2SSi. The van der Waals surface area contributed by atoms with Crippen LogP contribution in [0.3, 0.4) is 0 Å². The predicted octanol–water partition coefficient (Wildman–Crippen LogP) is 4.88. The second-order valence-electron chi connectivity index (χ2n) is 8.71. The van der Waals surface area contributed by atoms with Gasteiger partial charge in [-0.25, -0.2) is 4.98 Å². The lowest BCUT2D eigenvalue weighted by Crippen LogP contribution is -2.31. The van der Waals surface area contributed by atoms with Crippen LogP contribution in [0.2, 0.25) is 25.7 Å². The summed E-state index contributed by atoms with van der Waals surface area (Å²) in [6, 6.07) is 11.3. The first kappa shape index (κ1) is 21.9. The fourth-order valence-electron chi connectivity index (χ4n) is 3.46. The molecule has 0 bridgehead atoms. The van der Waals surface area contributed by atoms with Gasteiger partial charge in [0.1, 0.15) is 6.73 Å². The van der Waals surface area contributed by atoms with Gasteiger partial charge in [0.15, 0.2) is 5.16 Å². The molecule has 1 aliphatic rings. The average molecular weight is 430 g/mol. The van der Waals surface area contributed by atoms with E-state index in [0.717, 1.165) is 34.8 Å². The second-order valence-corrected chi connectivity index (χ2v) is 15.4. The van der Waals surface area contributed by atoms with Crippen molar-refractivity contribution in [3.63, 3.8) is 0 Å². The Morgan fingerprint density at radius 2 is 1.97 bits per heavy atom. The molecule has 2 atom stereocenters. The van der Waals surface area contributed by atoms with Gasteiger partial charge >= 0.3 is 0 Å². The first-order valence-electron chi connectivity index (χ1n) is 10.2. The third-order valence-electron chi connectivity index (χ3n) is 5.20. The molecule has 0 saturated carbocycles. The van der Waals surface area contributed by atoms with Gasteiger partial charge in [-0.15, -0.1) is 0 Å². The SMILES string of the molecule is C[Si](C)(C)CCOCn1c([C@H]2CC=CC[C@@H]2C(N)=O)cnc1Sc1ccccc1. The van der Waals surface area contributed by atoms with Crippen molar-refractivity contribution in [3.8, 4) is 0 Å². The molecule has 0 spiro atoms. The Labute approximate surface area is 178 Å². The number of allylic oxidation sites excluding steroid dienone is 2. The highest BCUT2D eigenvalue weighted by Gasteiger charge is 2.31. The fourth-order valence-corrected chi connectivity index (χ4v) is 5.10. The monoisotopic (exact) mass is 429 g/mol. The second kappa shape index (κ2) is 9.78. The van der Waals surface area contributed by atoms with E-state index in [1.54, 1.807) is 11.8 Å². The van der Waals surface area contributed by atoms with Crippen molar-refractivity contribution in [3.05, 3.63) is 54.4 Å². The molecule has 0 fully saturated rings. The summed E-state index contributed by atoms with van der Waals surface area (Å²) >= 11 is 1.62. The summed E-state index contributed by atoms with van der Waals surface area (Å²) in [5.41, 5.74) is 6.74. The number of primary amides is 1. The average Bonchev–Trinajstić information content (AvgIpc) is 3.07. The molecule has 1 aromatic carbocycles. The molecular weight excluding hydrogens is 398 g/mol. The number of hydrogen-bond donors (Lipinski definition) is 1. The number of benzene rings is 1. The third-order valence-corrected chi connectivity index (χ3v) is 7.92. The quantitative estimate of drug-likeness (QED) is 0.350. The van der Waals surface area contributed by atoms with Crippen molar-refractivity contribution in [1.29, 1.82) is 0 Å². The van der Waals surface area contributed by atoms with Crippen molar-refractivity contribution < 1.29 is 9.53 Å². The van der Waals surface area contributed by atoms with E-state index in [2.05, 4.69) is 53.5 Å². The zero-order valence-electron chi connectivity index (χ0n) is 17.5. The zero-order chi connectivity index (χ0) is 20.9. The molecule has 2 aromatic rings. The minimum atomic E-state index is -1.15. The van der Waals surface area contributed by atoms with Gasteiger partial charge in [0.25, 0.3) is 0 Å². The largest absolute Gasteiger partial charge is 0.369 e. The highest BCUT2D eigenvalue weighted by atomic mass is 32.2. The van der Waals surface area contributed by atoms with Crippen molar-refractivity contribution in [2.24, 2.45) is 11.7 Å². The maximum absolute atomic E-state index is 12.0. The molecule has 5 nitrogen and oxygen atoms in total. The van der Waals surface area contributed by atoms with Crippen molar-refractivity contribution in [2.45, 2.75) is 61.2 Å². The number of hydrogen-bond acceptors (Lipinski definition) is 4. The van der Waals surface area contributed by atoms with E-state index >= 15 is 0 Å². The van der Waals surface area contributed by atoms with Crippen LogP contribution in [0.1, 0.15) is 24.5 Å². The van der Waals surface area contributed by atoms with Gasteiger partial charge in [-0.05, 0) is 31.0 Å². The molecule has 0 saturated heterocycles. The number of imidazole rings is 1. The van der Waals surface area contributed by atoms with Crippen LogP contribution in [0.25, 0.3) is 0 Å². The van der Waals surface area contributed by atoms with Crippen LogP contribution in [0.15, 0.2) is 58.7 Å². The first-order valence-corrected chi connectivity index (χ1v) is 14.7. The van der Waals surface area contributed by atoms with Crippen LogP contribution in [0.5, 0.6) is 0 Å². The van der Waals surface area contributed by atoms with Gasteiger partial charge in [-0.1, -0.05) is 61.8 Å². The van der Waals surface area contributed by atoms with E-state index in [1.807, 2.05) is 24.4 Å². The van der Waals surface area contributed by atoms with Crippen LogP contribution in [0.4, 0.5) is 0 Å². The molecule has 2 N–H and O–H groups in total. The molecule has 3 rings (SSSR count). The summed E-state index contributed by atoms with van der Waals surface area (Å²) in [5, 5.41) is 0.886. The highest BCUT2D eigenvalue weighted by molar-refractivity contribution is 7.99. The number of ether oxygens (including phenoxy) is 1. The minimum absolute atomic E-state index is 0.0377. The summed E-state index contributed by atoms with van der Waals surface area (Å²) in [4.78, 5) is 17.9. The Kier molecular flexibility index (Phi) is 7.37. The van der Waals surface area contributed by atoms with Gasteiger partial charge in [0.2, 0.25) is 5.91 Å². The Hall–Kier alpha value is -1.83. The maximum Gasteiger partial charge on any atom is 0.221 e. The zero-order valence-corrected chi connectivity index (χ0v) is 19.3. The number of carbonyl (C=O) groups is 1. The number of nitrogens with zero attached hydrogens (tertiary/aromatic N) is 2. The molecule has 7 heteroatoms. The highest BCUT2D eigenvalue weighted by Crippen LogP contribution is 2.37. The summed E-state index contributed by atoms with van der Waals surface area (Å²) in [5.74, 6) is -0.410. The van der Waals surface area contributed by atoms with Crippen molar-refractivity contribution in [1.82, 2.24) is 9.55 Å². The molecule has 0 unspecified atom stereocenters. The molecule has 156 valence electrons. The van der Waals surface area contributed by atoms with E-state index in [4.69, 9.17) is 10.5 Å². The number of carbonyl (C=O) groups excluding carboxylic acids is 1. The molecule has 29 heavy (non-hydrogen) atoms. The van der Waals surface area contributed by atoms with Crippen molar-refractivity contribution >= 4 is 25.7 Å². The Balaban J connectivity index is 1.84.